The number of nitrogens with zero attached hydrogens (tertiary/aromatic N) is 4. The molecule has 4 rings (SSSR count). The summed E-state index contributed by atoms with van der Waals surface area (Å²) in [6.45, 7) is 4.62. The molecule has 1 fully saturated rings. The van der Waals surface area contributed by atoms with E-state index >= 15 is 0 Å². The second-order valence-electron chi connectivity index (χ2n) is 6.68. The number of rotatable bonds is 4. The summed E-state index contributed by atoms with van der Waals surface area (Å²) in [7, 11) is 0. The van der Waals surface area contributed by atoms with E-state index in [1.165, 1.54) is 30.2 Å². The number of pyridine rings is 1. The molecule has 0 aromatic carbocycles. The van der Waals surface area contributed by atoms with Gasteiger partial charge in [-0.3, -0.25) is 9.69 Å². The highest BCUT2D eigenvalue weighted by Gasteiger charge is 2.21. The molecule has 0 unspecified atom stereocenters. The Morgan fingerprint density at radius 2 is 2.08 bits per heavy atom. The third kappa shape index (κ3) is 3.57. The summed E-state index contributed by atoms with van der Waals surface area (Å²) in [5.74, 6) is 1.08. The molecule has 0 saturated carbocycles. The zero-order chi connectivity index (χ0) is 17.2. The number of fused-ring (bicyclic) bond motifs is 1. The minimum absolute atomic E-state index is 0.00144. The van der Waals surface area contributed by atoms with Crippen LogP contribution in [0.15, 0.2) is 28.3 Å². The Hall–Kier alpha value is -1.86. The molecule has 1 N–H and O–H groups in total. The van der Waals surface area contributed by atoms with E-state index in [-0.39, 0.29) is 5.56 Å². The Kier molecular flexibility index (Phi) is 4.76. The molecule has 2 aliphatic heterocycles. The van der Waals surface area contributed by atoms with E-state index in [1.54, 1.807) is 0 Å². The summed E-state index contributed by atoms with van der Waals surface area (Å²) < 4.78 is 0. The Bertz CT molecular complexity index is 798. The van der Waals surface area contributed by atoms with E-state index in [0.717, 1.165) is 49.7 Å². The van der Waals surface area contributed by atoms with Gasteiger partial charge < -0.3 is 9.88 Å². The number of H-pyrrole nitrogens is 1. The molecule has 4 heterocycles. The second kappa shape index (κ2) is 7.17. The first-order valence-corrected chi connectivity index (χ1v) is 10.0. The van der Waals surface area contributed by atoms with Crippen LogP contribution in [0, 0.1) is 0 Å². The van der Waals surface area contributed by atoms with Crippen molar-refractivity contribution in [2.24, 2.45) is 0 Å². The van der Waals surface area contributed by atoms with Crippen LogP contribution in [0.3, 0.4) is 0 Å². The van der Waals surface area contributed by atoms with Crippen LogP contribution in [0.4, 0.5) is 5.82 Å². The summed E-state index contributed by atoms with van der Waals surface area (Å²) >= 11 is 1.48. The van der Waals surface area contributed by atoms with Gasteiger partial charge in [0.15, 0.2) is 5.16 Å². The molecule has 25 heavy (non-hydrogen) atoms. The Morgan fingerprint density at radius 1 is 1.24 bits per heavy atom. The van der Waals surface area contributed by atoms with Crippen LogP contribution >= 0.6 is 11.8 Å². The van der Waals surface area contributed by atoms with Crippen molar-refractivity contribution in [2.45, 2.75) is 37.5 Å². The van der Waals surface area contributed by atoms with E-state index in [1.807, 2.05) is 12.5 Å². The molecular formula is C18H23N5OS. The van der Waals surface area contributed by atoms with Crippen LogP contribution in [0.25, 0.3) is 0 Å². The summed E-state index contributed by atoms with van der Waals surface area (Å²) in [5, 5.41) is 0.707. The number of anilines is 1. The minimum Gasteiger partial charge on any atom is -0.357 e. The van der Waals surface area contributed by atoms with Crippen molar-refractivity contribution < 1.29 is 0 Å². The third-order valence-corrected chi connectivity index (χ3v) is 5.54. The molecule has 0 bridgehead atoms. The lowest BCUT2D eigenvalue weighted by Crippen LogP contribution is -2.35. The van der Waals surface area contributed by atoms with Gasteiger partial charge in [-0.25, -0.2) is 9.97 Å². The van der Waals surface area contributed by atoms with Crippen molar-refractivity contribution in [3.05, 3.63) is 45.5 Å². The first kappa shape index (κ1) is 16.6. The van der Waals surface area contributed by atoms with Crippen molar-refractivity contribution in [2.75, 3.05) is 30.8 Å². The highest BCUT2D eigenvalue weighted by Crippen LogP contribution is 2.20. The van der Waals surface area contributed by atoms with Crippen LogP contribution in [-0.4, -0.2) is 45.7 Å². The van der Waals surface area contributed by atoms with Gasteiger partial charge in [-0.05, 0) is 30.7 Å². The predicted octanol–water partition coefficient (Wildman–Crippen LogP) is 2.05. The standard InChI is InChI=1S/C18H23N5OS/c1-25-18-20-15-6-9-22(12-14(15)17(24)21-18)11-13-4-5-16(19-10-13)23-7-2-3-8-23/h4-5,10H,2-3,6-9,11-12H2,1H3,(H,20,21,24). The fourth-order valence-electron chi connectivity index (χ4n) is 3.59. The smallest absolute Gasteiger partial charge is 0.256 e. The van der Waals surface area contributed by atoms with Gasteiger partial charge in [-0.1, -0.05) is 17.8 Å². The molecule has 2 aliphatic rings. The zero-order valence-electron chi connectivity index (χ0n) is 14.5. The monoisotopic (exact) mass is 357 g/mol. The summed E-state index contributed by atoms with van der Waals surface area (Å²) in [5.41, 5.74) is 2.95. The third-order valence-electron chi connectivity index (χ3n) is 4.96. The van der Waals surface area contributed by atoms with Crippen LogP contribution in [0.1, 0.15) is 29.7 Å². The highest BCUT2D eigenvalue weighted by atomic mass is 32.2. The summed E-state index contributed by atoms with van der Waals surface area (Å²) in [6, 6.07) is 4.28. The normalized spacial score (nSPS) is 17.7. The van der Waals surface area contributed by atoms with Crippen LogP contribution in [0.5, 0.6) is 0 Å². The van der Waals surface area contributed by atoms with Gasteiger partial charge in [-0.2, -0.15) is 0 Å². The first-order chi connectivity index (χ1) is 12.2. The van der Waals surface area contributed by atoms with Crippen LogP contribution in [0.2, 0.25) is 0 Å². The van der Waals surface area contributed by atoms with Gasteiger partial charge in [-0.15, -0.1) is 0 Å². The second-order valence-corrected chi connectivity index (χ2v) is 7.47. The van der Waals surface area contributed by atoms with Gasteiger partial charge in [0.05, 0.1) is 11.3 Å². The van der Waals surface area contributed by atoms with E-state index in [4.69, 9.17) is 0 Å². The van der Waals surface area contributed by atoms with E-state index in [0.29, 0.717) is 11.7 Å². The number of thioether (sulfide) groups is 1. The first-order valence-electron chi connectivity index (χ1n) is 8.81. The van der Waals surface area contributed by atoms with Gasteiger partial charge in [0, 0.05) is 45.3 Å². The van der Waals surface area contributed by atoms with Crippen LogP contribution < -0.4 is 10.5 Å². The average molecular weight is 357 g/mol. The molecule has 0 amide bonds. The maximum Gasteiger partial charge on any atom is 0.256 e. The van der Waals surface area contributed by atoms with Crippen molar-refractivity contribution in [1.82, 2.24) is 19.9 Å². The van der Waals surface area contributed by atoms with Gasteiger partial charge in [0.2, 0.25) is 0 Å². The van der Waals surface area contributed by atoms with Crippen molar-refractivity contribution in [3.8, 4) is 0 Å². The molecule has 7 heteroatoms. The highest BCUT2D eigenvalue weighted by molar-refractivity contribution is 7.98. The average Bonchev–Trinajstić information content (AvgIpc) is 3.17. The largest absolute Gasteiger partial charge is 0.357 e. The fraction of sp³-hybridized carbons (Fsp3) is 0.500. The quantitative estimate of drug-likeness (QED) is 0.667. The number of nitrogens with one attached hydrogen (secondary N) is 1. The number of hydrogen-bond acceptors (Lipinski definition) is 6. The maximum absolute atomic E-state index is 12.3. The van der Waals surface area contributed by atoms with E-state index < -0.39 is 0 Å². The van der Waals surface area contributed by atoms with Crippen molar-refractivity contribution >= 4 is 17.6 Å². The zero-order valence-corrected chi connectivity index (χ0v) is 15.3. The molecule has 0 spiro atoms. The van der Waals surface area contributed by atoms with Crippen molar-refractivity contribution in [3.63, 3.8) is 0 Å². The van der Waals surface area contributed by atoms with Crippen LogP contribution in [-0.2, 0) is 19.5 Å². The molecular weight excluding hydrogens is 334 g/mol. The topological polar surface area (TPSA) is 65.1 Å². The Labute approximate surface area is 151 Å². The van der Waals surface area contributed by atoms with E-state index in [2.05, 4.69) is 36.9 Å². The lowest BCUT2D eigenvalue weighted by atomic mass is 10.1. The van der Waals surface area contributed by atoms with Gasteiger partial charge >= 0.3 is 0 Å². The molecule has 2 aromatic rings. The maximum atomic E-state index is 12.3. The van der Waals surface area contributed by atoms with E-state index in [9.17, 15) is 4.79 Å². The molecule has 132 valence electrons. The molecule has 1 saturated heterocycles. The predicted molar refractivity (Wildman–Crippen MR) is 100 cm³/mol. The number of hydrogen-bond donors (Lipinski definition) is 1. The molecule has 0 radical (unpaired) electrons. The molecule has 0 atom stereocenters. The summed E-state index contributed by atoms with van der Waals surface area (Å²) in [6.07, 6.45) is 7.25. The van der Waals surface area contributed by atoms with Gasteiger partial charge in [0.25, 0.3) is 5.56 Å². The Morgan fingerprint density at radius 3 is 2.80 bits per heavy atom. The lowest BCUT2D eigenvalue weighted by Gasteiger charge is -2.27. The number of aromatic amines is 1. The molecule has 2 aromatic heterocycles. The number of aromatic nitrogens is 3. The SMILES string of the molecule is CSc1nc2c(c(=O)[nH]1)CN(Cc1ccc(N3CCCC3)nc1)CC2. The van der Waals surface area contributed by atoms with Crippen molar-refractivity contribution in [1.29, 1.82) is 0 Å². The summed E-state index contributed by atoms with van der Waals surface area (Å²) in [4.78, 5) is 29.0. The van der Waals surface area contributed by atoms with Gasteiger partial charge in [0.1, 0.15) is 5.82 Å². The molecule has 6 nitrogen and oxygen atoms in total. The Balaban J connectivity index is 1.44. The minimum atomic E-state index is 0.00144. The fourth-order valence-corrected chi connectivity index (χ4v) is 3.99. The lowest BCUT2D eigenvalue weighted by molar-refractivity contribution is 0.240. The molecule has 0 aliphatic carbocycles.